The first-order chi connectivity index (χ1) is 14.8. The number of fused-ring (bicyclic) bond motifs is 2. The van der Waals surface area contributed by atoms with Crippen molar-refractivity contribution >= 4 is 29.5 Å². The minimum absolute atomic E-state index is 0.00842. The molecule has 3 unspecified atom stereocenters. The van der Waals surface area contributed by atoms with Gasteiger partial charge in [-0.2, -0.15) is 0 Å². The van der Waals surface area contributed by atoms with E-state index < -0.39 is 35.7 Å². The highest BCUT2D eigenvalue weighted by Crippen LogP contribution is 2.31. The summed E-state index contributed by atoms with van der Waals surface area (Å²) < 4.78 is 0. The van der Waals surface area contributed by atoms with E-state index in [9.17, 15) is 24.0 Å². The molecule has 3 fully saturated rings. The number of carbonyl (C=O) groups excluding carboxylic acids is 5. The van der Waals surface area contributed by atoms with Crippen LogP contribution in [0.25, 0.3) is 0 Å². The molecule has 4 aliphatic heterocycles. The van der Waals surface area contributed by atoms with E-state index in [2.05, 4.69) is 10.2 Å². The van der Waals surface area contributed by atoms with Crippen molar-refractivity contribution in [2.75, 3.05) is 19.6 Å². The number of rotatable bonds is 3. The third kappa shape index (κ3) is 3.14. The van der Waals surface area contributed by atoms with E-state index in [0.29, 0.717) is 43.7 Å². The van der Waals surface area contributed by atoms with Gasteiger partial charge in [0.1, 0.15) is 6.04 Å². The Balaban J connectivity index is 1.37. The van der Waals surface area contributed by atoms with E-state index in [0.717, 1.165) is 4.90 Å². The molecule has 0 saturated carbocycles. The number of piperidine rings is 1. The van der Waals surface area contributed by atoms with Crippen molar-refractivity contribution in [1.82, 2.24) is 20.0 Å². The SMILES string of the molecule is NC1CC2CN(Cc3cccc4c3C(=O)N(C3CCC(=O)NC3=O)C4=O)CCN2C1=O. The van der Waals surface area contributed by atoms with E-state index in [-0.39, 0.29) is 30.4 Å². The maximum Gasteiger partial charge on any atom is 0.262 e. The van der Waals surface area contributed by atoms with Crippen molar-refractivity contribution < 1.29 is 24.0 Å². The van der Waals surface area contributed by atoms with Crippen LogP contribution in [0.2, 0.25) is 0 Å². The molecule has 162 valence electrons. The number of benzene rings is 1. The predicted octanol–water partition coefficient (Wildman–Crippen LogP) is -1.17. The Morgan fingerprint density at radius 1 is 1.06 bits per heavy atom. The highest BCUT2D eigenvalue weighted by atomic mass is 16.2. The molecule has 4 heterocycles. The van der Waals surface area contributed by atoms with E-state index >= 15 is 0 Å². The molecule has 1 aromatic rings. The van der Waals surface area contributed by atoms with Gasteiger partial charge in [-0.15, -0.1) is 0 Å². The highest BCUT2D eigenvalue weighted by molar-refractivity contribution is 6.24. The maximum atomic E-state index is 13.2. The molecule has 5 rings (SSSR count). The lowest BCUT2D eigenvalue weighted by molar-refractivity contribution is -0.136. The second kappa shape index (κ2) is 7.24. The Morgan fingerprint density at radius 3 is 2.65 bits per heavy atom. The summed E-state index contributed by atoms with van der Waals surface area (Å²) in [5.41, 5.74) is 7.21. The van der Waals surface area contributed by atoms with E-state index in [1.54, 1.807) is 12.1 Å². The van der Waals surface area contributed by atoms with Gasteiger partial charge >= 0.3 is 0 Å². The molecule has 3 atom stereocenters. The van der Waals surface area contributed by atoms with Gasteiger partial charge in [-0.1, -0.05) is 12.1 Å². The third-order valence-electron chi connectivity index (χ3n) is 6.64. The number of nitrogens with two attached hydrogens (primary N) is 1. The quantitative estimate of drug-likeness (QED) is 0.583. The summed E-state index contributed by atoms with van der Waals surface area (Å²) in [4.78, 5) is 67.0. The number of nitrogens with one attached hydrogen (secondary N) is 1. The van der Waals surface area contributed by atoms with Gasteiger partial charge < -0.3 is 10.6 Å². The molecule has 0 aliphatic carbocycles. The molecule has 0 spiro atoms. The van der Waals surface area contributed by atoms with Gasteiger partial charge in [-0.3, -0.25) is 39.1 Å². The normalized spacial score (nSPS) is 28.8. The molecule has 3 saturated heterocycles. The molecular weight excluding hydrogens is 402 g/mol. The average molecular weight is 425 g/mol. The standard InChI is InChI=1S/C21H23N5O5/c22-14-8-12-10-24(6-7-25(12)20(14)30)9-11-2-1-3-13-17(11)21(31)26(19(13)29)15-4-5-16(27)23-18(15)28/h1-3,12,14-15H,4-10,22H2,(H,23,27,28). The lowest BCUT2D eigenvalue weighted by atomic mass is 10.0. The minimum Gasteiger partial charge on any atom is -0.336 e. The molecule has 1 aromatic carbocycles. The average Bonchev–Trinajstić information content (AvgIpc) is 3.16. The number of nitrogens with zero attached hydrogens (tertiary/aromatic N) is 3. The fraction of sp³-hybridized carbons (Fsp3) is 0.476. The summed E-state index contributed by atoms with van der Waals surface area (Å²) in [6.45, 7) is 2.35. The molecule has 0 radical (unpaired) electrons. The molecular formula is C21H23N5O5. The van der Waals surface area contributed by atoms with Crippen LogP contribution >= 0.6 is 0 Å². The molecule has 0 bridgehead atoms. The van der Waals surface area contributed by atoms with Crippen LogP contribution < -0.4 is 11.1 Å². The van der Waals surface area contributed by atoms with Gasteiger partial charge in [0.15, 0.2) is 0 Å². The smallest absolute Gasteiger partial charge is 0.262 e. The third-order valence-corrected chi connectivity index (χ3v) is 6.64. The zero-order chi connectivity index (χ0) is 21.9. The minimum atomic E-state index is -0.979. The van der Waals surface area contributed by atoms with Gasteiger partial charge in [0.25, 0.3) is 11.8 Å². The van der Waals surface area contributed by atoms with Gasteiger partial charge in [-0.05, 0) is 24.5 Å². The summed E-state index contributed by atoms with van der Waals surface area (Å²) in [6, 6.07) is 3.77. The molecule has 5 amide bonds. The first kappa shape index (κ1) is 19.8. The van der Waals surface area contributed by atoms with Crippen molar-refractivity contribution in [2.24, 2.45) is 5.73 Å². The van der Waals surface area contributed by atoms with Crippen LogP contribution in [-0.4, -0.2) is 82.0 Å². The number of imide groups is 2. The summed E-state index contributed by atoms with van der Waals surface area (Å²) in [5, 5.41) is 2.21. The van der Waals surface area contributed by atoms with Crippen molar-refractivity contribution in [3.05, 3.63) is 34.9 Å². The monoisotopic (exact) mass is 425 g/mol. The van der Waals surface area contributed by atoms with Crippen LogP contribution in [-0.2, 0) is 20.9 Å². The zero-order valence-electron chi connectivity index (χ0n) is 16.9. The number of piperazine rings is 1. The fourth-order valence-electron chi connectivity index (χ4n) is 5.12. The van der Waals surface area contributed by atoms with Crippen LogP contribution in [0.15, 0.2) is 18.2 Å². The fourth-order valence-corrected chi connectivity index (χ4v) is 5.12. The number of amides is 5. The van der Waals surface area contributed by atoms with Crippen LogP contribution in [0.4, 0.5) is 0 Å². The summed E-state index contributed by atoms with van der Waals surface area (Å²) in [5.74, 6) is -2.03. The molecule has 0 aromatic heterocycles. The van der Waals surface area contributed by atoms with Gasteiger partial charge in [-0.25, -0.2) is 0 Å². The summed E-state index contributed by atoms with van der Waals surface area (Å²) >= 11 is 0. The Kier molecular flexibility index (Phi) is 4.63. The lowest BCUT2D eigenvalue weighted by Gasteiger charge is -2.37. The first-order valence-corrected chi connectivity index (χ1v) is 10.5. The van der Waals surface area contributed by atoms with E-state index in [1.807, 2.05) is 11.0 Å². The van der Waals surface area contributed by atoms with Crippen molar-refractivity contribution in [1.29, 1.82) is 0 Å². The van der Waals surface area contributed by atoms with Crippen LogP contribution in [0.1, 0.15) is 45.5 Å². The van der Waals surface area contributed by atoms with E-state index in [4.69, 9.17) is 5.73 Å². The highest BCUT2D eigenvalue weighted by Gasteiger charge is 2.46. The predicted molar refractivity (Wildman–Crippen MR) is 106 cm³/mol. The van der Waals surface area contributed by atoms with Crippen molar-refractivity contribution in [3.63, 3.8) is 0 Å². The second-order valence-electron chi connectivity index (χ2n) is 8.55. The van der Waals surface area contributed by atoms with Crippen molar-refractivity contribution in [3.8, 4) is 0 Å². The number of hydrogen-bond donors (Lipinski definition) is 2. The van der Waals surface area contributed by atoms with Crippen LogP contribution in [0.5, 0.6) is 0 Å². The first-order valence-electron chi connectivity index (χ1n) is 10.5. The lowest BCUT2D eigenvalue weighted by Crippen LogP contribution is -2.54. The Hall–Kier alpha value is -3.11. The molecule has 31 heavy (non-hydrogen) atoms. The van der Waals surface area contributed by atoms with Crippen molar-refractivity contribution in [2.45, 2.75) is 43.9 Å². The maximum absolute atomic E-state index is 13.2. The molecule has 3 N–H and O–H groups in total. The summed E-state index contributed by atoms with van der Waals surface area (Å²) in [7, 11) is 0. The van der Waals surface area contributed by atoms with Gasteiger partial charge in [0.05, 0.1) is 17.2 Å². The Bertz CT molecular complexity index is 1020. The Labute approximate surface area is 178 Å². The number of carbonyl (C=O) groups is 5. The largest absolute Gasteiger partial charge is 0.336 e. The molecule has 10 heteroatoms. The zero-order valence-corrected chi connectivity index (χ0v) is 16.9. The van der Waals surface area contributed by atoms with Crippen LogP contribution in [0.3, 0.4) is 0 Å². The number of hydrogen-bond acceptors (Lipinski definition) is 7. The topological polar surface area (TPSA) is 133 Å². The second-order valence-corrected chi connectivity index (χ2v) is 8.55. The Morgan fingerprint density at radius 2 is 1.87 bits per heavy atom. The summed E-state index contributed by atoms with van der Waals surface area (Å²) in [6.07, 6.45) is 0.829. The van der Waals surface area contributed by atoms with Crippen LogP contribution in [0, 0.1) is 0 Å². The van der Waals surface area contributed by atoms with Gasteiger partial charge in [0, 0.05) is 38.6 Å². The molecule has 4 aliphatic rings. The molecule has 10 nitrogen and oxygen atoms in total. The van der Waals surface area contributed by atoms with Gasteiger partial charge in [0.2, 0.25) is 17.7 Å². The van der Waals surface area contributed by atoms with E-state index in [1.165, 1.54) is 0 Å².